The van der Waals surface area contributed by atoms with Gasteiger partial charge in [-0.05, 0) is 13.8 Å². The Morgan fingerprint density at radius 1 is 1.44 bits per heavy atom. The second-order valence-electron chi connectivity index (χ2n) is 3.35. The van der Waals surface area contributed by atoms with Gasteiger partial charge in [-0.15, -0.1) is 5.10 Å². The van der Waals surface area contributed by atoms with Crippen LogP contribution in [0.25, 0.3) is 11.2 Å². The number of aromatic nitrogens is 5. The first kappa shape index (κ1) is 12.7. The van der Waals surface area contributed by atoms with Crippen LogP contribution >= 0.6 is 11.8 Å². The summed E-state index contributed by atoms with van der Waals surface area (Å²) < 4.78 is 6.54. The molecule has 0 fully saturated rings. The highest BCUT2D eigenvalue weighted by atomic mass is 32.2. The SMILES string of the molecule is CCOC(=O)CSc1ncnc2c1nnn2CC. The standard InChI is InChI=1S/C10H13N5O2S/c1-3-15-9-8(13-14-15)10(12-6-11-9)18-5-7(16)17-4-2/h6H,3-5H2,1-2H3. The predicted octanol–water partition coefficient (Wildman–Crippen LogP) is 0.896. The van der Waals surface area contributed by atoms with Gasteiger partial charge in [-0.3, -0.25) is 4.79 Å². The van der Waals surface area contributed by atoms with Crippen LogP contribution in [0.1, 0.15) is 13.8 Å². The molecule has 0 atom stereocenters. The fraction of sp³-hybridized carbons (Fsp3) is 0.500. The van der Waals surface area contributed by atoms with E-state index in [1.54, 1.807) is 11.6 Å². The first-order valence-corrected chi connectivity index (χ1v) is 6.57. The molecule has 0 aliphatic rings. The largest absolute Gasteiger partial charge is 0.465 e. The molecule has 0 saturated carbocycles. The minimum atomic E-state index is -0.267. The van der Waals surface area contributed by atoms with Gasteiger partial charge in [-0.2, -0.15) is 0 Å². The van der Waals surface area contributed by atoms with Crippen LogP contribution in [0.3, 0.4) is 0 Å². The topological polar surface area (TPSA) is 82.8 Å². The first-order valence-electron chi connectivity index (χ1n) is 5.58. The monoisotopic (exact) mass is 267 g/mol. The molecule has 2 heterocycles. The Morgan fingerprint density at radius 2 is 2.28 bits per heavy atom. The zero-order valence-electron chi connectivity index (χ0n) is 10.2. The molecule has 2 aromatic heterocycles. The highest BCUT2D eigenvalue weighted by Gasteiger charge is 2.12. The number of hydrogen-bond donors (Lipinski definition) is 0. The van der Waals surface area contributed by atoms with Gasteiger partial charge < -0.3 is 4.74 Å². The lowest BCUT2D eigenvalue weighted by Gasteiger charge is -2.01. The molecule has 0 N–H and O–H groups in total. The first-order chi connectivity index (χ1) is 8.76. The van der Waals surface area contributed by atoms with E-state index in [-0.39, 0.29) is 11.7 Å². The van der Waals surface area contributed by atoms with Gasteiger partial charge in [-0.1, -0.05) is 17.0 Å². The molecular weight excluding hydrogens is 254 g/mol. The van der Waals surface area contributed by atoms with Gasteiger partial charge in [-0.25, -0.2) is 14.6 Å². The minimum Gasteiger partial charge on any atom is -0.465 e. The normalized spacial score (nSPS) is 10.8. The van der Waals surface area contributed by atoms with Gasteiger partial charge in [0.1, 0.15) is 11.4 Å². The Balaban J connectivity index is 2.18. The summed E-state index contributed by atoms with van der Waals surface area (Å²) >= 11 is 1.28. The minimum absolute atomic E-state index is 0.207. The lowest BCUT2D eigenvalue weighted by molar-refractivity contribution is -0.139. The molecule has 0 bridgehead atoms. The molecule has 0 saturated heterocycles. The maximum absolute atomic E-state index is 11.3. The molecule has 0 aliphatic heterocycles. The van der Waals surface area contributed by atoms with Crippen molar-refractivity contribution in [2.24, 2.45) is 0 Å². The van der Waals surface area contributed by atoms with Crippen LogP contribution < -0.4 is 0 Å². The summed E-state index contributed by atoms with van der Waals surface area (Å²) in [6.45, 7) is 4.81. The number of ether oxygens (including phenoxy) is 1. The average Bonchev–Trinajstić information content (AvgIpc) is 2.80. The Morgan fingerprint density at radius 3 is 3.00 bits per heavy atom. The van der Waals surface area contributed by atoms with Crippen LogP contribution in [0.4, 0.5) is 0 Å². The number of fused-ring (bicyclic) bond motifs is 1. The number of aryl methyl sites for hydroxylation is 1. The number of rotatable bonds is 5. The lowest BCUT2D eigenvalue weighted by atomic mass is 10.5. The third kappa shape index (κ3) is 2.58. The second kappa shape index (κ2) is 5.76. The summed E-state index contributed by atoms with van der Waals surface area (Å²) in [7, 11) is 0. The number of hydrogen-bond acceptors (Lipinski definition) is 7. The molecule has 0 aliphatic carbocycles. The van der Waals surface area contributed by atoms with E-state index in [9.17, 15) is 4.79 Å². The molecule has 7 nitrogen and oxygen atoms in total. The van der Waals surface area contributed by atoms with Gasteiger partial charge >= 0.3 is 5.97 Å². The number of esters is 1. The Labute approximate surface area is 108 Å². The van der Waals surface area contributed by atoms with Gasteiger partial charge in [0, 0.05) is 6.54 Å². The van der Waals surface area contributed by atoms with Crippen molar-refractivity contribution in [3.8, 4) is 0 Å². The third-order valence-electron chi connectivity index (χ3n) is 2.20. The van der Waals surface area contributed by atoms with Gasteiger partial charge in [0.25, 0.3) is 0 Å². The molecule has 8 heteroatoms. The predicted molar refractivity (Wildman–Crippen MR) is 66.1 cm³/mol. The quantitative estimate of drug-likeness (QED) is 0.452. The van der Waals surface area contributed by atoms with Crippen molar-refractivity contribution >= 4 is 28.9 Å². The van der Waals surface area contributed by atoms with Crippen molar-refractivity contribution in [1.29, 1.82) is 0 Å². The van der Waals surface area contributed by atoms with Crippen LogP contribution in [-0.4, -0.2) is 43.3 Å². The van der Waals surface area contributed by atoms with E-state index in [0.29, 0.717) is 29.3 Å². The molecule has 0 spiro atoms. The van der Waals surface area contributed by atoms with Crippen LogP contribution in [-0.2, 0) is 16.1 Å². The maximum Gasteiger partial charge on any atom is 0.316 e. The third-order valence-corrected chi connectivity index (χ3v) is 3.15. The molecule has 0 amide bonds. The Bertz CT molecular complexity index is 556. The van der Waals surface area contributed by atoms with Crippen LogP contribution in [0.15, 0.2) is 11.4 Å². The number of thioether (sulfide) groups is 1. The van der Waals surface area contributed by atoms with Crippen LogP contribution in [0, 0.1) is 0 Å². The molecule has 0 aromatic carbocycles. The summed E-state index contributed by atoms with van der Waals surface area (Å²) in [5.41, 5.74) is 1.30. The smallest absolute Gasteiger partial charge is 0.316 e. The number of carbonyl (C=O) groups excluding carboxylic acids is 1. The maximum atomic E-state index is 11.3. The second-order valence-corrected chi connectivity index (χ2v) is 4.31. The van der Waals surface area contributed by atoms with E-state index in [0.717, 1.165) is 0 Å². The molecule has 0 unspecified atom stereocenters. The molecule has 18 heavy (non-hydrogen) atoms. The van der Waals surface area contributed by atoms with E-state index >= 15 is 0 Å². The highest BCUT2D eigenvalue weighted by molar-refractivity contribution is 8.00. The molecule has 0 radical (unpaired) electrons. The lowest BCUT2D eigenvalue weighted by Crippen LogP contribution is -2.06. The summed E-state index contributed by atoms with van der Waals surface area (Å²) in [4.78, 5) is 19.5. The summed E-state index contributed by atoms with van der Waals surface area (Å²) in [6, 6.07) is 0. The van der Waals surface area contributed by atoms with Crippen molar-refractivity contribution in [2.45, 2.75) is 25.4 Å². The van der Waals surface area contributed by atoms with E-state index in [1.165, 1.54) is 18.1 Å². The van der Waals surface area contributed by atoms with Crippen molar-refractivity contribution in [3.05, 3.63) is 6.33 Å². The fourth-order valence-corrected chi connectivity index (χ4v) is 2.15. The van der Waals surface area contributed by atoms with Gasteiger partial charge in [0.2, 0.25) is 0 Å². The Kier molecular flexibility index (Phi) is 4.08. The van der Waals surface area contributed by atoms with Crippen LogP contribution in [0.5, 0.6) is 0 Å². The van der Waals surface area contributed by atoms with Crippen molar-refractivity contribution in [2.75, 3.05) is 12.4 Å². The Hall–Kier alpha value is -1.70. The van der Waals surface area contributed by atoms with Crippen molar-refractivity contribution < 1.29 is 9.53 Å². The summed E-state index contributed by atoms with van der Waals surface area (Å²) in [5, 5.41) is 8.65. The summed E-state index contributed by atoms with van der Waals surface area (Å²) in [5.74, 6) is -0.0593. The van der Waals surface area contributed by atoms with Gasteiger partial charge in [0.05, 0.1) is 12.4 Å². The molecule has 2 aromatic rings. The fourth-order valence-electron chi connectivity index (χ4n) is 1.42. The highest BCUT2D eigenvalue weighted by Crippen LogP contribution is 2.22. The van der Waals surface area contributed by atoms with E-state index in [2.05, 4.69) is 20.3 Å². The zero-order chi connectivity index (χ0) is 13.0. The molecule has 96 valence electrons. The van der Waals surface area contributed by atoms with E-state index < -0.39 is 0 Å². The van der Waals surface area contributed by atoms with E-state index in [1.807, 2.05) is 6.92 Å². The number of nitrogens with zero attached hydrogens (tertiary/aromatic N) is 5. The molecule has 2 rings (SSSR count). The van der Waals surface area contributed by atoms with Crippen LogP contribution in [0.2, 0.25) is 0 Å². The number of carbonyl (C=O) groups is 1. The average molecular weight is 267 g/mol. The van der Waals surface area contributed by atoms with Gasteiger partial charge in [0.15, 0.2) is 11.2 Å². The van der Waals surface area contributed by atoms with E-state index in [4.69, 9.17) is 4.74 Å². The molecular formula is C10H13N5O2S. The summed E-state index contributed by atoms with van der Waals surface area (Å²) in [6.07, 6.45) is 1.45. The van der Waals surface area contributed by atoms with Crippen molar-refractivity contribution in [1.82, 2.24) is 25.0 Å². The zero-order valence-corrected chi connectivity index (χ0v) is 11.0. The van der Waals surface area contributed by atoms with Crippen molar-refractivity contribution in [3.63, 3.8) is 0 Å².